The minimum Gasteiger partial charge on any atom is -0.300 e. The number of nitrogens with zero attached hydrogens (tertiary/aromatic N) is 2. The molecule has 1 aromatic carbocycles. The first-order chi connectivity index (χ1) is 11.6. The summed E-state index contributed by atoms with van der Waals surface area (Å²) in [4.78, 5) is 18.9. The summed E-state index contributed by atoms with van der Waals surface area (Å²) in [5.74, 6) is 0.363. The Balaban J connectivity index is 2.06. The Hall–Kier alpha value is -0.970. The van der Waals surface area contributed by atoms with Crippen molar-refractivity contribution in [1.82, 2.24) is 4.90 Å². The molecule has 3 rings (SSSR count). The second kappa shape index (κ2) is 7.94. The van der Waals surface area contributed by atoms with Crippen LogP contribution in [-0.4, -0.2) is 35.3 Å². The number of hydrogen-bond donors (Lipinski definition) is 0. The third-order valence-corrected chi connectivity index (χ3v) is 5.41. The van der Waals surface area contributed by atoms with Gasteiger partial charge >= 0.3 is 0 Å². The second-order valence-electron chi connectivity index (χ2n) is 6.45. The number of aliphatic imine (C=N–C) groups is 1. The predicted molar refractivity (Wildman–Crippen MR) is 103 cm³/mol. The molecule has 1 aliphatic heterocycles. The van der Waals surface area contributed by atoms with E-state index in [1.165, 1.54) is 16.7 Å². The largest absolute Gasteiger partial charge is 0.300 e. The SMILES string of the molecule is CC1=C(N=CCBr)C(N2CCC(=O)CC2)c2ccc(Cl)cc2CC1. The zero-order valence-corrected chi connectivity index (χ0v) is 16.2. The van der Waals surface area contributed by atoms with Crippen LogP contribution in [0.2, 0.25) is 5.02 Å². The van der Waals surface area contributed by atoms with Crippen molar-refractivity contribution < 1.29 is 4.79 Å². The van der Waals surface area contributed by atoms with E-state index < -0.39 is 0 Å². The van der Waals surface area contributed by atoms with Gasteiger partial charge in [0.05, 0.1) is 11.7 Å². The number of hydrogen-bond acceptors (Lipinski definition) is 3. The molecule has 0 amide bonds. The van der Waals surface area contributed by atoms with Gasteiger partial charge in [0.1, 0.15) is 5.78 Å². The molecule has 1 fully saturated rings. The molecule has 0 saturated carbocycles. The summed E-state index contributed by atoms with van der Waals surface area (Å²) in [6.07, 6.45) is 5.16. The number of carbonyl (C=O) groups excluding carboxylic acids is 1. The maximum atomic E-state index is 11.7. The molecule has 1 saturated heterocycles. The van der Waals surface area contributed by atoms with Gasteiger partial charge in [-0.1, -0.05) is 33.6 Å². The molecule has 1 aliphatic carbocycles. The van der Waals surface area contributed by atoms with Gasteiger partial charge < -0.3 is 0 Å². The van der Waals surface area contributed by atoms with Gasteiger partial charge in [0.15, 0.2) is 0 Å². The summed E-state index contributed by atoms with van der Waals surface area (Å²) >= 11 is 9.66. The van der Waals surface area contributed by atoms with Crippen molar-refractivity contribution in [2.24, 2.45) is 4.99 Å². The number of carbonyl (C=O) groups is 1. The Kier molecular flexibility index (Phi) is 5.90. The molecule has 1 atom stereocenters. The van der Waals surface area contributed by atoms with E-state index >= 15 is 0 Å². The summed E-state index contributed by atoms with van der Waals surface area (Å²) < 4.78 is 0. The number of Topliss-reactive ketones (excluding diaryl/α,β-unsaturated/α-hetero) is 1. The lowest BCUT2D eigenvalue weighted by molar-refractivity contribution is -0.121. The van der Waals surface area contributed by atoms with E-state index in [0.29, 0.717) is 18.6 Å². The summed E-state index contributed by atoms with van der Waals surface area (Å²) in [6, 6.07) is 6.31. The first kappa shape index (κ1) is 17.8. The molecule has 128 valence electrons. The molecule has 2 aliphatic rings. The van der Waals surface area contributed by atoms with Gasteiger partial charge in [0, 0.05) is 42.5 Å². The molecular weight excluding hydrogens is 388 g/mol. The van der Waals surface area contributed by atoms with Crippen LogP contribution in [0.25, 0.3) is 0 Å². The van der Waals surface area contributed by atoms with Crippen LogP contribution in [0.5, 0.6) is 0 Å². The summed E-state index contributed by atoms with van der Waals surface area (Å²) in [5.41, 5.74) is 5.03. The maximum absolute atomic E-state index is 11.7. The van der Waals surface area contributed by atoms with E-state index in [1.807, 2.05) is 12.3 Å². The van der Waals surface area contributed by atoms with Gasteiger partial charge in [0.25, 0.3) is 0 Å². The first-order valence-corrected chi connectivity index (χ1v) is 9.92. The van der Waals surface area contributed by atoms with Gasteiger partial charge in [-0.3, -0.25) is 14.7 Å². The zero-order valence-electron chi connectivity index (χ0n) is 13.9. The fraction of sp³-hybridized carbons (Fsp3) is 0.474. The lowest BCUT2D eigenvalue weighted by atomic mass is 9.95. The summed E-state index contributed by atoms with van der Waals surface area (Å²) in [6.45, 7) is 3.77. The smallest absolute Gasteiger partial charge is 0.135 e. The molecule has 1 unspecified atom stereocenters. The van der Waals surface area contributed by atoms with E-state index in [9.17, 15) is 4.79 Å². The molecule has 3 nitrogen and oxygen atoms in total. The average Bonchev–Trinajstić information content (AvgIpc) is 2.71. The van der Waals surface area contributed by atoms with Crippen molar-refractivity contribution in [3.63, 3.8) is 0 Å². The average molecular weight is 410 g/mol. The van der Waals surface area contributed by atoms with Crippen molar-refractivity contribution in [1.29, 1.82) is 0 Å². The van der Waals surface area contributed by atoms with Crippen LogP contribution in [0.3, 0.4) is 0 Å². The molecule has 0 spiro atoms. The summed E-state index contributed by atoms with van der Waals surface area (Å²) in [7, 11) is 0. The second-order valence-corrected chi connectivity index (χ2v) is 7.54. The lowest BCUT2D eigenvalue weighted by Gasteiger charge is -2.35. The monoisotopic (exact) mass is 408 g/mol. The minimum atomic E-state index is 0.114. The van der Waals surface area contributed by atoms with E-state index in [-0.39, 0.29) is 6.04 Å². The fourth-order valence-electron chi connectivity index (χ4n) is 3.60. The van der Waals surface area contributed by atoms with Gasteiger partial charge in [-0.25, -0.2) is 0 Å². The number of aryl methyl sites for hydroxylation is 1. The maximum Gasteiger partial charge on any atom is 0.135 e. The topological polar surface area (TPSA) is 32.7 Å². The highest BCUT2D eigenvalue weighted by Gasteiger charge is 2.31. The quantitative estimate of drug-likeness (QED) is 0.534. The molecule has 5 heteroatoms. The van der Waals surface area contributed by atoms with Gasteiger partial charge in [-0.15, -0.1) is 0 Å². The minimum absolute atomic E-state index is 0.114. The van der Waals surface area contributed by atoms with Crippen LogP contribution in [0, 0.1) is 0 Å². The van der Waals surface area contributed by atoms with Crippen molar-refractivity contribution in [3.8, 4) is 0 Å². The van der Waals surface area contributed by atoms with Crippen LogP contribution in [-0.2, 0) is 11.2 Å². The number of alkyl halides is 1. The fourth-order valence-corrected chi connectivity index (χ4v) is 3.94. The molecule has 0 N–H and O–H groups in total. The van der Waals surface area contributed by atoms with Gasteiger partial charge in [-0.2, -0.15) is 0 Å². The van der Waals surface area contributed by atoms with Crippen LogP contribution < -0.4 is 0 Å². The van der Waals surface area contributed by atoms with E-state index in [2.05, 4.69) is 39.9 Å². The molecular formula is C19H22BrClN2O. The van der Waals surface area contributed by atoms with Gasteiger partial charge in [0.2, 0.25) is 0 Å². The predicted octanol–water partition coefficient (Wildman–Crippen LogP) is 4.73. The van der Waals surface area contributed by atoms with Gasteiger partial charge in [-0.05, 0) is 48.6 Å². The van der Waals surface area contributed by atoms with E-state index in [1.54, 1.807) is 0 Å². The third kappa shape index (κ3) is 3.81. The highest BCUT2D eigenvalue weighted by atomic mass is 79.9. The van der Waals surface area contributed by atoms with Crippen molar-refractivity contribution in [3.05, 3.63) is 45.6 Å². The molecule has 0 bridgehead atoms. The molecule has 1 aromatic rings. The van der Waals surface area contributed by atoms with E-state index in [4.69, 9.17) is 16.6 Å². The highest BCUT2D eigenvalue weighted by molar-refractivity contribution is 9.09. The number of allylic oxidation sites excluding steroid dienone is 1. The Morgan fingerprint density at radius 3 is 2.75 bits per heavy atom. The molecule has 24 heavy (non-hydrogen) atoms. The number of rotatable bonds is 3. The highest BCUT2D eigenvalue weighted by Crippen LogP contribution is 2.39. The number of likely N-dealkylation sites (tertiary alicyclic amines) is 1. The van der Waals surface area contributed by atoms with Crippen LogP contribution in [0.4, 0.5) is 0 Å². The Morgan fingerprint density at radius 1 is 1.29 bits per heavy atom. The molecule has 1 heterocycles. The lowest BCUT2D eigenvalue weighted by Crippen LogP contribution is -2.38. The standard InChI is InChI=1S/C19H22BrClN2O/c1-13-2-3-14-12-15(21)4-5-17(14)19(18(13)22-9-8-20)23-10-6-16(24)7-11-23/h4-5,9,12,19H,2-3,6-8,10-11H2,1H3. The third-order valence-electron chi connectivity index (χ3n) is 4.89. The Morgan fingerprint density at radius 2 is 2.04 bits per heavy atom. The zero-order chi connectivity index (χ0) is 17.1. The normalized spacial score (nSPS) is 22.8. The van der Waals surface area contributed by atoms with Crippen molar-refractivity contribution in [2.75, 3.05) is 18.4 Å². The number of fused-ring (bicyclic) bond motifs is 1. The number of halogens is 2. The van der Waals surface area contributed by atoms with Crippen LogP contribution >= 0.6 is 27.5 Å². The molecule has 0 aromatic heterocycles. The van der Waals surface area contributed by atoms with Crippen LogP contribution in [0.15, 0.2) is 34.5 Å². The van der Waals surface area contributed by atoms with Crippen molar-refractivity contribution >= 4 is 39.5 Å². The van der Waals surface area contributed by atoms with E-state index in [0.717, 1.165) is 42.0 Å². The summed E-state index contributed by atoms with van der Waals surface area (Å²) in [5, 5.41) is 1.52. The number of ketones is 1. The Labute approximate surface area is 156 Å². The Bertz CT molecular complexity index is 689. The van der Waals surface area contributed by atoms with Crippen LogP contribution in [0.1, 0.15) is 43.4 Å². The number of piperidine rings is 1. The number of benzene rings is 1. The molecule has 0 radical (unpaired) electrons. The van der Waals surface area contributed by atoms with Crippen molar-refractivity contribution in [2.45, 2.75) is 38.6 Å². The first-order valence-electron chi connectivity index (χ1n) is 8.42.